The van der Waals surface area contributed by atoms with E-state index < -0.39 is 4.92 Å². The summed E-state index contributed by atoms with van der Waals surface area (Å²) >= 11 is 5.80. The Kier molecular flexibility index (Phi) is 3.77. The van der Waals surface area contributed by atoms with Gasteiger partial charge in [0.05, 0.1) is 10.6 Å². The molecule has 0 amide bonds. The highest BCUT2D eigenvalue weighted by molar-refractivity contribution is 6.30. The van der Waals surface area contributed by atoms with Gasteiger partial charge in [-0.1, -0.05) is 17.7 Å². The van der Waals surface area contributed by atoms with Crippen molar-refractivity contribution in [2.45, 2.75) is 0 Å². The molecule has 1 N–H and O–H groups in total. The average molecular weight is 277 g/mol. The number of nitro benzene ring substituents is 1. The zero-order chi connectivity index (χ0) is 13.8. The van der Waals surface area contributed by atoms with E-state index in [0.29, 0.717) is 16.3 Å². The van der Waals surface area contributed by atoms with Gasteiger partial charge < -0.3 is 5.11 Å². The summed E-state index contributed by atoms with van der Waals surface area (Å²) in [6.45, 7) is 0. The van der Waals surface area contributed by atoms with Crippen LogP contribution in [0.15, 0.2) is 47.5 Å². The van der Waals surface area contributed by atoms with E-state index in [1.807, 2.05) is 0 Å². The second-order valence-electron chi connectivity index (χ2n) is 3.74. The molecule has 0 fully saturated rings. The minimum absolute atomic E-state index is 0.0371. The van der Waals surface area contributed by atoms with Crippen LogP contribution in [0, 0.1) is 10.1 Å². The number of aromatic hydroxyl groups is 1. The molecule has 0 aliphatic rings. The summed E-state index contributed by atoms with van der Waals surface area (Å²) in [7, 11) is 0. The third-order valence-corrected chi connectivity index (χ3v) is 2.62. The molecule has 0 aliphatic heterocycles. The number of hydrogen-bond acceptors (Lipinski definition) is 4. The predicted octanol–water partition coefficient (Wildman–Crippen LogP) is 3.70. The number of hydrogen-bond donors (Lipinski definition) is 1. The van der Waals surface area contributed by atoms with E-state index in [1.165, 1.54) is 24.4 Å². The number of rotatable bonds is 3. The van der Waals surface area contributed by atoms with Gasteiger partial charge in [-0.05, 0) is 24.3 Å². The van der Waals surface area contributed by atoms with E-state index in [1.54, 1.807) is 24.3 Å². The van der Waals surface area contributed by atoms with Gasteiger partial charge in [-0.15, -0.1) is 0 Å². The first-order chi connectivity index (χ1) is 9.06. The Morgan fingerprint density at radius 1 is 1.26 bits per heavy atom. The first kappa shape index (κ1) is 13.0. The van der Waals surface area contributed by atoms with Crippen molar-refractivity contribution in [2.24, 2.45) is 4.99 Å². The molecular formula is C13H9ClN2O3. The molecular weight excluding hydrogens is 268 g/mol. The summed E-state index contributed by atoms with van der Waals surface area (Å²) in [6, 6.07) is 10.5. The maximum atomic E-state index is 10.6. The van der Waals surface area contributed by atoms with Crippen molar-refractivity contribution in [2.75, 3.05) is 0 Å². The summed E-state index contributed by atoms with van der Waals surface area (Å²) < 4.78 is 0. The number of phenolic OH excluding ortho intramolecular Hbond substituents is 1. The van der Waals surface area contributed by atoms with Gasteiger partial charge in [0.1, 0.15) is 5.75 Å². The SMILES string of the molecule is O=[N+]([O-])c1cccc(N=Cc2cc(Cl)ccc2O)c1. The molecule has 2 rings (SSSR count). The van der Waals surface area contributed by atoms with E-state index in [2.05, 4.69) is 4.99 Å². The van der Waals surface area contributed by atoms with Crippen molar-refractivity contribution in [1.82, 2.24) is 0 Å². The molecule has 96 valence electrons. The molecule has 6 heteroatoms. The quantitative estimate of drug-likeness (QED) is 0.527. The van der Waals surface area contributed by atoms with Gasteiger partial charge in [0.2, 0.25) is 0 Å². The molecule has 0 saturated carbocycles. The Hall–Kier alpha value is -2.40. The van der Waals surface area contributed by atoms with Crippen molar-refractivity contribution in [3.8, 4) is 5.75 Å². The molecule has 5 nitrogen and oxygen atoms in total. The van der Waals surface area contributed by atoms with Crippen LogP contribution < -0.4 is 0 Å². The fourth-order valence-corrected chi connectivity index (χ4v) is 1.64. The van der Waals surface area contributed by atoms with Crippen LogP contribution in [0.4, 0.5) is 11.4 Å². The third kappa shape index (κ3) is 3.29. The Labute approximate surface area is 113 Å². The summed E-state index contributed by atoms with van der Waals surface area (Å²) in [5, 5.41) is 20.7. The van der Waals surface area contributed by atoms with E-state index in [9.17, 15) is 15.2 Å². The smallest absolute Gasteiger partial charge is 0.271 e. The molecule has 19 heavy (non-hydrogen) atoms. The second-order valence-corrected chi connectivity index (χ2v) is 4.17. The first-order valence-corrected chi connectivity index (χ1v) is 5.71. The molecule has 0 bridgehead atoms. The van der Waals surface area contributed by atoms with Crippen molar-refractivity contribution in [1.29, 1.82) is 0 Å². The molecule has 0 aliphatic carbocycles. The summed E-state index contributed by atoms with van der Waals surface area (Å²) in [5.41, 5.74) is 0.831. The van der Waals surface area contributed by atoms with E-state index >= 15 is 0 Å². The number of nitrogens with zero attached hydrogens (tertiary/aromatic N) is 2. The molecule has 0 radical (unpaired) electrons. The Morgan fingerprint density at radius 3 is 2.79 bits per heavy atom. The normalized spacial score (nSPS) is 10.8. The van der Waals surface area contributed by atoms with Gasteiger partial charge in [0, 0.05) is 28.9 Å². The molecule has 0 spiro atoms. The molecule has 0 saturated heterocycles. The van der Waals surface area contributed by atoms with Crippen molar-refractivity contribution in [3.05, 3.63) is 63.2 Å². The molecule has 2 aromatic rings. The lowest BCUT2D eigenvalue weighted by molar-refractivity contribution is -0.384. The predicted molar refractivity (Wildman–Crippen MR) is 73.5 cm³/mol. The molecule has 0 unspecified atom stereocenters. The van der Waals surface area contributed by atoms with Gasteiger partial charge in [0.25, 0.3) is 5.69 Å². The number of aliphatic imine (C=N–C) groups is 1. The lowest BCUT2D eigenvalue weighted by Gasteiger charge is -1.99. The minimum atomic E-state index is -0.490. The van der Waals surface area contributed by atoms with E-state index in [0.717, 1.165) is 0 Å². The maximum absolute atomic E-state index is 10.6. The largest absolute Gasteiger partial charge is 0.507 e. The number of halogens is 1. The van der Waals surface area contributed by atoms with Crippen LogP contribution in [-0.2, 0) is 0 Å². The van der Waals surface area contributed by atoms with Crippen LogP contribution in [-0.4, -0.2) is 16.2 Å². The summed E-state index contributed by atoms with van der Waals surface area (Å²) in [4.78, 5) is 14.2. The van der Waals surface area contributed by atoms with Crippen molar-refractivity contribution >= 4 is 29.2 Å². The maximum Gasteiger partial charge on any atom is 0.271 e. The van der Waals surface area contributed by atoms with Crippen LogP contribution in [0.5, 0.6) is 5.75 Å². The molecule has 0 atom stereocenters. The lowest BCUT2D eigenvalue weighted by Crippen LogP contribution is -1.86. The Morgan fingerprint density at radius 2 is 2.05 bits per heavy atom. The second kappa shape index (κ2) is 5.49. The van der Waals surface area contributed by atoms with E-state index in [-0.39, 0.29) is 11.4 Å². The highest BCUT2D eigenvalue weighted by Gasteiger charge is 2.04. The topological polar surface area (TPSA) is 75.7 Å². The number of non-ortho nitro benzene ring substituents is 1. The van der Waals surface area contributed by atoms with Gasteiger partial charge in [-0.3, -0.25) is 15.1 Å². The lowest BCUT2D eigenvalue weighted by atomic mass is 10.2. The van der Waals surface area contributed by atoms with Crippen molar-refractivity contribution < 1.29 is 10.0 Å². The monoisotopic (exact) mass is 276 g/mol. The van der Waals surface area contributed by atoms with Crippen LogP contribution in [0.1, 0.15) is 5.56 Å². The van der Waals surface area contributed by atoms with Crippen LogP contribution in [0.3, 0.4) is 0 Å². The van der Waals surface area contributed by atoms with Crippen LogP contribution in [0.2, 0.25) is 5.02 Å². The third-order valence-electron chi connectivity index (χ3n) is 2.38. The van der Waals surface area contributed by atoms with E-state index in [4.69, 9.17) is 11.6 Å². The van der Waals surface area contributed by atoms with Crippen LogP contribution >= 0.6 is 11.6 Å². The highest BCUT2D eigenvalue weighted by atomic mass is 35.5. The van der Waals surface area contributed by atoms with Crippen molar-refractivity contribution in [3.63, 3.8) is 0 Å². The highest BCUT2D eigenvalue weighted by Crippen LogP contribution is 2.22. The first-order valence-electron chi connectivity index (χ1n) is 5.33. The minimum Gasteiger partial charge on any atom is -0.507 e. The molecule has 0 aromatic heterocycles. The fraction of sp³-hybridized carbons (Fsp3) is 0. The summed E-state index contributed by atoms with van der Waals surface area (Å²) in [5.74, 6) is 0.0404. The van der Waals surface area contributed by atoms with Gasteiger partial charge in [-0.25, -0.2) is 0 Å². The Balaban J connectivity index is 2.30. The fourth-order valence-electron chi connectivity index (χ4n) is 1.46. The summed E-state index contributed by atoms with van der Waals surface area (Å²) in [6.07, 6.45) is 1.40. The average Bonchev–Trinajstić information content (AvgIpc) is 2.40. The molecule has 0 heterocycles. The number of nitro groups is 1. The van der Waals surface area contributed by atoms with Gasteiger partial charge >= 0.3 is 0 Å². The standard InChI is InChI=1S/C13H9ClN2O3/c14-10-4-5-13(17)9(6-10)8-15-11-2-1-3-12(7-11)16(18)19/h1-8,17H. The number of benzene rings is 2. The van der Waals surface area contributed by atoms with Gasteiger partial charge in [0.15, 0.2) is 0 Å². The van der Waals surface area contributed by atoms with Crippen LogP contribution in [0.25, 0.3) is 0 Å². The zero-order valence-corrected chi connectivity index (χ0v) is 10.4. The number of phenols is 1. The van der Waals surface area contributed by atoms with Gasteiger partial charge in [-0.2, -0.15) is 0 Å². The Bertz CT molecular complexity index is 656. The zero-order valence-electron chi connectivity index (χ0n) is 9.65. The molecule has 2 aromatic carbocycles.